The number of rotatable bonds is 6. The van der Waals surface area contributed by atoms with E-state index in [9.17, 15) is 0 Å². The van der Waals surface area contributed by atoms with Gasteiger partial charge in [-0.15, -0.1) is 18.9 Å². The lowest BCUT2D eigenvalue weighted by molar-refractivity contribution is 0.241. The van der Waals surface area contributed by atoms with E-state index in [1.165, 1.54) is 10.5 Å². The maximum absolute atomic E-state index is 5.23. The molecule has 1 atom stereocenters. The zero-order valence-electron chi connectivity index (χ0n) is 6.25. The van der Waals surface area contributed by atoms with Gasteiger partial charge in [-0.3, -0.25) is 0 Å². The summed E-state index contributed by atoms with van der Waals surface area (Å²) in [5.74, 6) is 2.57. The molecule has 3 heteroatoms. The molecule has 0 aromatic heterocycles. The van der Waals surface area contributed by atoms with Gasteiger partial charge in [0, 0.05) is 21.2 Å². The van der Waals surface area contributed by atoms with Crippen molar-refractivity contribution < 1.29 is 4.18 Å². The summed E-state index contributed by atoms with van der Waals surface area (Å²) in [4.78, 5) is 0. The highest BCUT2D eigenvalue weighted by atomic mass is 79.9. The Morgan fingerprint density at radius 2 is 2.55 bits per heavy atom. The van der Waals surface area contributed by atoms with E-state index in [0.29, 0.717) is 6.42 Å². The van der Waals surface area contributed by atoms with E-state index in [0.717, 1.165) is 12.8 Å². The molecule has 0 radical (unpaired) electrons. The van der Waals surface area contributed by atoms with Crippen molar-refractivity contribution in [3.63, 3.8) is 0 Å². The average molecular weight is 235 g/mol. The Bertz CT molecular complexity index is 142. The van der Waals surface area contributed by atoms with Crippen LogP contribution in [-0.2, 0) is 4.18 Å². The van der Waals surface area contributed by atoms with Crippen LogP contribution >= 0.6 is 25.3 Å². The van der Waals surface area contributed by atoms with E-state index < -0.39 is 0 Å². The van der Waals surface area contributed by atoms with Gasteiger partial charge in [0.25, 0.3) is 0 Å². The predicted octanol–water partition coefficient (Wildman–Crippen LogP) is 3.32. The first kappa shape index (κ1) is 11.1. The molecule has 0 saturated carbocycles. The molecule has 0 spiro atoms. The second kappa shape index (κ2) is 8.19. The summed E-state index contributed by atoms with van der Waals surface area (Å²) < 4.78 is 5.23. The lowest BCUT2D eigenvalue weighted by Crippen LogP contribution is -2.06. The molecular formula is C8H11BrOS. The van der Waals surface area contributed by atoms with Crippen molar-refractivity contribution in [2.75, 3.05) is 0 Å². The molecule has 0 N–H and O–H groups in total. The minimum Gasteiger partial charge on any atom is -0.300 e. The molecule has 0 aliphatic carbocycles. The second-order valence-electron chi connectivity index (χ2n) is 2.06. The summed E-state index contributed by atoms with van der Waals surface area (Å²) in [5.41, 5.74) is 0. The number of halogens is 1. The zero-order valence-corrected chi connectivity index (χ0v) is 8.66. The van der Waals surface area contributed by atoms with Gasteiger partial charge >= 0.3 is 0 Å². The van der Waals surface area contributed by atoms with Crippen LogP contribution in [-0.4, -0.2) is 6.10 Å². The molecule has 0 fully saturated rings. The van der Waals surface area contributed by atoms with Crippen molar-refractivity contribution in [1.82, 2.24) is 0 Å². The van der Waals surface area contributed by atoms with Gasteiger partial charge in [0.2, 0.25) is 0 Å². The van der Waals surface area contributed by atoms with Gasteiger partial charge in [-0.1, -0.05) is 6.08 Å². The molecule has 0 rings (SSSR count). The molecule has 0 aromatic rings. The Labute approximate surface area is 80.0 Å². The average Bonchev–Trinajstić information content (AvgIpc) is 2.01. The fourth-order valence-corrected chi connectivity index (χ4v) is 1.59. The van der Waals surface area contributed by atoms with E-state index in [1.54, 1.807) is 0 Å². The molecule has 0 amide bonds. The lowest BCUT2D eigenvalue weighted by atomic mass is 10.1. The molecule has 0 aromatic carbocycles. The van der Waals surface area contributed by atoms with E-state index in [4.69, 9.17) is 10.6 Å². The topological polar surface area (TPSA) is 9.23 Å². The van der Waals surface area contributed by atoms with Gasteiger partial charge in [-0.2, -0.15) is 0 Å². The summed E-state index contributed by atoms with van der Waals surface area (Å²) in [6.45, 7) is 3.63. The molecule has 0 bridgehead atoms. The van der Waals surface area contributed by atoms with Gasteiger partial charge in [0.1, 0.15) is 0 Å². The molecule has 1 nitrogen and oxygen atoms in total. The minimum absolute atomic E-state index is 0.141. The first-order chi connectivity index (χ1) is 5.35. The van der Waals surface area contributed by atoms with Crippen molar-refractivity contribution in [2.24, 2.45) is 0 Å². The van der Waals surface area contributed by atoms with Crippen LogP contribution in [0, 0.1) is 12.3 Å². The first-order valence-corrected chi connectivity index (χ1v) is 5.92. The Morgan fingerprint density at radius 3 is 3.00 bits per heavy atom. The molecular weight excluding hydrogens is 224 g/mol. The van der Waals surface area contributed by atoms with Crippen molar-refractivity contribution in [3.05, 3.63) is 12.7 Å². The Morgan fingerprint density at radius 1 is 1.82 bits per heavy atom. The number of terminal acetylenes is 1. The van der Waals surface area contributed by atoms with Crippen LogP contribution in [0.5, 0.6) is 0 Å². The number of hydrogen-bond donors (Lipinski definition) is 0. The third-order valence-corrected chi connectivity index (χ3v) is 2.01. The van der Waals surface area contributed by atoms with Crippen LogP contribution in [0.15, 0.2) is 12.7 Å². The predicted molar refractivity (Wildman–Crippen MR) is 54.3 cm³/mol. The zero-order chi connectivity index (χ0) is 8.53. The summed E-state index contributed by atoms with van der Waals surface area (Å²) in [7, 11) is 1.18. The van der Waals surface area contributed by atoms with Crippen LogP contribution in [0.25, 0.3) is 0 Å². The summed E-state index contributed by atoms with van der Waals surface area (Å²) >= 11 is 3.11. The highest BCUT2D eigenvalue weighted by Gasteiger charge is 2.05. The smallest absolute Gasteiger partial charge is 0.0844 e. The van der Waals surface area contributed by atoms with E-state index in [1.807, 2.05) is 6.08 Å². The van der Waals surface area contributed by atoms with Gasteiger partial charge in [-0.25, -0.2) is 0 Å². The largest absolute Gasteiger partial charge is 0.300 e. The maximum atomic E-state index is 5.23. The lowest BCUT2D eigenvalue weighted by Gasteiger charge is -2.09. The summed E-state index contributed by atoms with van der Waals surface area (Å²) in [6.07, 6.45) is 9.70. The molecule has 11 heavy (non-hydrogen) atoms. The van der Waals surface area contributed by atoms with Gasteiger partial charge in [0.15, 0.2) is 0 Å². The van der Waals surface area contributed by atoms with E-state index >= 15 is 0 Å². The molecule has 0 saturated heterocycles. The fourth-order valence-electron chi connectivity index (χ4n) is 0.671. The van der Waals surface area contributed by atoms with Crippen molar-refractivity contribution in [2.45, 2.75) is 25.4 Å². The first-order valence-electron chi connectivity index (χ1n) is 3.33. The summed E-state index contributed by atoms with van der Waals surface area (Å²) in [5, 5.41) is 0. The highest BCUT2D eigenvalue weighted by Crippen LogP contribution is 2.19. The SMILES string of the molecule is C#CC[C@H](CCC=C)OSBr. The molecule has 0 aliphatic rings. The quantitative estimate of drug-likeness (QED) is 0.396. The Balaban J connectivity index is 3.51. The highest BCUT2D eigenvalue weighted by molar-refractivity contribution is 9.49. The van der Waals surface area contributed by atoms with E-state index in [-0.39, 0.29) is 6.10 Å². The monoisotopic (exact) mass is 234 g/mol. The second-order valence-corrected chi connectivity index (χ2v) is 3.17. The summed E-state index contributed by atoms with van der Waals surface area (Å²) in [6, 6.07) is 0. The fraction of sp³-hybridized carbons (Fsp3) is 0.500. The minimum atomic E-state index is 0.141. The van der Waals surface area contributed by atoms with Crippen LogP contribution < -0.4 is 0 Å². The maximum Gasteiger partial charge on any atom is 0.0844 e. The van der Waals surface area contributed by atoms with E-state index in [2.05, 4.69) is 27.3 Å². The third-order valence-electron chi connectivity index (χ3n) is 1.21. The van der Waals surface area contributed by atoms with Crippen LogP contribution in [0.4, 0.5) is 0 Å². The van der Waals surface area contributed by atoms with Crippen molar-refractivity contribution in [3.8, 4) is 12.3 Å². The van der Waals surface area contributed by atoms with Crippen LogP contribution in [0.1, 0.15) is 19.3 Å². The number of allylic oxidation sites excluding steroid dienone is 1. The molecule has 0 heterocycles. The standard InChI is InChI=1S/C8H11BrOS/c1-3-5-7-8(6-4-2)10-11-9/h2-3,8H,1,5-7H2/t8-/m1/s1. The van der Waals surface area contributed by atoms with Gasteiger partial charge < -0.3 is 4.18 Å². The molecule has 0 unspecified atom stereocenters. The molecule has 62 valence electrons. The Kier molecular flexibility index (Phi) is 8.26. The van der Waals surface area contributed by atoms with Crippen LogP contribution in [0.2, 0.25) is 0 Å². The van der Waals surface area contributed by atoms with Crippen LogP contribution in [0.3, 0.4) is 0 Å². The van der Waals surface area contributed by atoms with Crippen molar-refractivity contribution in [1.29, 1.82) is 0 Å². The molecule has 0 aliphatic heterocycles. The normalized spacial score (nSPS) is 12.0. The Hall–Kier alpha value is 0.0900. The number of hydrogen-bond acceptors (Lipinski definition) is 2. The van der Waals surface area contributed by atoms with Gasteiger partial charge in [-0.05, 0) is 12.8 Å². The van der Waals surface area contributed by atoms with Gasteiger partial charge in [0.05, 0.1) is 16.6 Å². The third kappa shape index (κ3) is 6.49. The van der Waals surface area contributed by atoms with Crippen molar-refractivity contribution >= 4 is 25.3 Å².